The van der Waals surface area contributed by atoms with Gasteiger partial charge in [-0.15, -0.1) is 0 Å². The van der Waals surface area contributed by atoms with Crippen LogP contribution in [-0.4, -0.2) is 34.3 Å². The average molecular weight is 428 g/mol. The molecule has 0 saturated carbocycles. The number of hydrogen-bond acceptors (Lipinski definition) is 6. The van der Waals surface area contributed by atoms with Gasteiger partial charge in [0.2, 0.25) is 0 Å². The molecule has 0 fully saturated rings. The van der Waals surface area contributed by atoms with Crippen molar-refractivity contribution in [2.45, 2.75) is 46.1 Å². The first-order chi connectivity index (χ1) is 14.3. The summed E-state index contributed by atoms with van der Waals surface area (Å²) >= 11 is 0. The lowest BCUT2D eigenvalue weighted by molar-refractivity contribution is -0.126. The van der Waals surface area contributed by atoms with Crippen LogP contribution < -0.4 is 11.1 Å². The van der Waals surface area contributed by atoms with Gasteiger partial charge >= 0.3 is 12.1 Å². The van der Waals surface area contributed by atoms with E-state index in [2.05, 4.69) is 5.32 Å². The smallest absolute Gasteiger partial charge is 0.412 e. The predicted octanol–water partition coefficient (Wildman–Crippen LogP) is 4.26. The van der Waals surface area contributed by atoms with Gasteiger partial charge in [0.15, 0.2) is 0 Å². The Labute approximate surface area is 181 Å². The Kier molecular flexibility index (Phi) is 8.93. The van der Waals surface area contributed by atoms with Gasteiger partial charge in [0.1, 0.15) is 23.1 Å². The zero-order valence-electron chi connectivity index (χ0n) is 18.3. The van der Waals surface area contributed by atoms with Crippen LogP contribution in [0.5, 0.6) is 0 Å². The number of carbonyl (C=O) groups is 4. The van der Waals surface area contributed by atoms with Crippen LogP contribution in [0.4, 0.5) is 16.2 Å². The molecule has 2 aromatic rings. The Morgan fingerprint density at radius 1 is 0.935 bits per heavy atom. The number of nitrogens with two attached hydrogens (primary N) is 1. The number of carbonyl (C=O) groups excluding carboxylic acids is 3. The third kappa shape index (κ3) is 8.69. The molecule has 0 aliphatic carbocycles. The molecule has 0 atom stereocenters. The fourth-order valence-electron chi connectivity index (χ4n) is 2.60. The minimum Gasteiger partial charge on any atom is -0.478 e. The van der Waals surface area contributed by atoms with Crippen LogP contribution in [0.15, 0.2) is 48.5 Å². The van der Waals surface area contributed by atoms with E-state index in [1.54, 1.807) is 45.0 Å². The summed E-state index contributed by atoms with van der Waals surface area (Å²) in [6.45, 7) is 8.11. The molecule has 166 valence electrons. The van der Waals surface area contributed by atoms with Crippen molar-refractivity contribution in [3.63, 3.8) is 0 Å². The second-order valence-corrected chi connectivity index (χ2v) is 7.80. The van der Waals surface area contributed by atoms with Crippen molar-refractivity contribution >= 4 is 35.0 Å². The van der Waals surface area contributed by atoms with E-state index in [1.165, 1.54) is 38.1 Å². The fourth-order valence-corrected chi connectivity index (χ4v) is 2.60. The van der Waals surface area contributed by atoms with Crippen molar-refractivity contribution in [1.82, 2.24) is 0 Å². The number of nitrogens with one attached hydrogen (secondary N) is 1. The maximum Gasteiger partial charge on any atom is 0.412 e. The quantitative estimate of drug-likeness (QED) is 0.478. The van der Waals surface area contributed by atoms with Crippen LogP contribution in [0, 0.1) is 0 Å². The molecule has 0 heterocycles. The van der Waals surface area contributed by atoms with E-state index in [1.807, 2.05) is 0 Å². The van der Waals surface area contributed by atoms with Crippen molar-refractivity contribution in [2.75, 3.05) is 11.1 Å². The normalized spacial score (nSPS) is 10.5. The van der Waals surface area contributed by atoms with Crippen LogP contribution in [0.1, 0.15) is 56.5 Å². The summed E-state index contributed by atoms with van der Waals surface area (Å²) in [7, 11) is 0. The molecule has 0 radical (unpaired) electrons. The summed E-state index contributed by atoms with van der Waals surface area (Å²) in [5.74, 6) is -2.30. The Hall–Kier alpha value is -3.68. The zero-order chi connectivity index (χ0) is 23.8. The molecule has 1 amide bonds. The van der Waals surface area contributed by atoms with Crippen molar-refractivity contribution in [1.29, 1.82) is 0 Å². The van der Waals surface area contributed by atoms with E-state index < -0.39 is 23.6 Å². The zero-order valence-corrected chi connectivity index (χ0v) is 18.3. The molecule has 0 bridgehead atoms. The molecule has 0 saturated heterocycles. The number of carboxylic acids is 1. The number of amides is 1. The van der Waals surface area contributed by atoms with Gasteiger partial charge in [0.25, 0.3) is 0 Å². The highest BCUT2D eigenvalue weighted by Crippen LogP contribution is 2.19. The van der Waals surface area contributed by atoms with E-state index in [4.69, 9.17) is 15.6 Å². The average Bonchev–Trinajstić information content (AvgIpc) is 2.62. The number of anilines is 2. The van der Waals surface area contributed by atoms with E-state index in [9.17, 15) is 19.2 Å². The van der Waals surface area contributed by atoms with Gasteiger partial charge < -0.3 is 15.6 Å². The van der Waals surface area contributed by atoms with Gasteiger partial charge in [-0.3, -0.25) is 14.9 Å². The molecule has 8 nitrogen and oxygen atoms in total. The fraction of sp³-hybridized carbons (Fsp3) is 0.304. The van der Waals surface area contributed by atoms with Crippen molar-refractivity contribution in [3.05, 3.63) is 59.7 Å². The summed E-state index contributed by atoms with van der Waals surface area (Å²) in [5, 5.41) is 11.3. The highest BCUT2D eigenvalue weighted by atomic mass is 16.6. The second kappa shape index (κ2) is 10.9. The topological polar surface area (TPSA) is 136 Å². The van der Waals surface area contributed by atoms with Crippen molar-refractivity contribution in [2.24, 2.45) is 0 Å². The first-order valence-electron chi connectivity index (χ1n) is 9.50. The number of benzene rings is 2. The Balaban J connectivity index is 0.000000311. The predicted molar refractivity (Wildman–Crippen MR) is 118 cm³/mol. The molecular formula is C23H28N2O6. The highest BCUT2D eigenvalue weighted by molar-refractivity contribution is 6.05. The number of para-hydroxylation sites is 2. The molecule has 8 heteroatoms. The molecule has 0 aromatic heterocycles. The number of rotatable bonds is 5. The third-order valence-corrected chi connectivity index (χ3v) is 3.90. The largest absolute Gasteiger partial charge is 0.478 e. The maximum atomic E-state index is 11.4. The number of ketones is 2. The molecular weight excluding hydrogens is 400 g/mol. The molecule has 0 aliphatic rings. The Bertz CT molecular complexity index is 931. The number of aromatic carboxylic acids is 1. The lowest BCUT2D eigenvalue weighted by atomic mass is 9.91. The first kappa shape index (κ1) is 25.4. The first-order valence-corrected chi connectivity index (χ1v) is 9.50. The van der Waals surface area contributed by atoms with E-state index in [0.717, 1.165) is 0 Å². The molecule has 2 aromatic carbocycles. The summed E-state index contributed by atoms with van der Waals surface area (Å²) in [4.78, 5) is 44.5. The standard InChI is InChI=1S/C12H12O4.C11H16N2O2/c1-7(13)11(8(2)14)9-3-5-10(6-4-9)12(15)16;1-11(2,3)15-10(14)13-9-7-5-4-6-8(9)12/h3-6,11H,1-2H3,(H,15,16);4-7H,12H2,1-3H3,(H,13,14). The van der Waals surface area contributed by atoms with Crippen LogP contribution in [0.25, 0.3) is 0 Å². The van der Waals surface area contributed by atoms with Crippen molar-refractivity contribution < 1.29 is 29.0 Å². The molecule has 0 unspecified atom stereocenters. The Morgan fingerprint density at radius 3 is 1.87 bits per heavy atom. The summed E-state index contributed by atoms with van der Waals surface area (Å²) < 4.78 is 5.09. The highest BCUT2D eigenvalue weighted by Gasteiger charge is 2.21. The second-order valence-electron chi connectivity index (χ2n) is 7.80. The minimum atomic E-state index is -1.03. The minimum absolute atomic E-state index is 0.134. The van der Waals surface area contributed by atoms with Crippen molar-refractivity contribution in [3.8, 4) is 0 Å². The monoisotopic (exact) mass is 428 g/mol. The Morgan fingerprint density at radius 2 is 1.45 bits per heavy atom. The SMILES string of the molecule is CC(=O)C(C(C)=O)c1ccc(C(=O)O)cc1.CC(C)(C)OC(=O)Nc1ccccc1N. The van der Waals surface area contributed by atoms with Gasteiger partial charge in [0.05, 0.1) is 16.9 Å². The molecule has 31 heavy (non-hydrogen) atoms. The number of carboxylic acid groups (broad SMARTS) is 1. The summed E-state index contributed by atoms with van der Waals surface area (Å²) in [6.07, 6.45) is -0.500. The third-order valence-electron chi connectivity index (χ3n) is 3.90. The number of hydrogen-bond donors (Lipinski definition) is 3. The van der Waals surface area contributed by atoms with Crippen LogP contribution in [-0.2, 0) is 14.3 Å². The number of ether oxygens (including phenoxy) is 1. The maximum absolute atomic E-state index is 11.4. The lowest BCUT2D eigenvalue weighted by Crippen LogP contribution is -2.27. The van der Waals surface area contributed by atoms with Crippen LogP contribution >= 0.6 is 0 Å². The number of Topliss-reactive ketones (excluding diaryl/α,β-unsaturated/α-hetero) is 2. The lowest BCUT2D eigenvalue weighted by Gasteiger charge is -2.20. The van der Waals surface area contributed by atoms with E-state index >= 15 is 0 Å². The van der Waals surface area contributed by atoms with Crippen LogP contribution in [0.3, 0.4) is 0 Å². The van der Waals surface area contributed by atoms with Gasteiger partial charge in [0, 0.05) is 0 Å². The van der Waals surface area contributed by atoms with Gasteiger partial charge in [-0.2, -0.15) is 0 Å². The molecule has 0 spiro atoms. The summed E-state index contributed by atoms with van der Waals surface area (Å²) in [6, 6.07) is 12.8. The van der Waals surface area contributed by atoms with Gasteiger partial charge in [-0.25, -0.2) is 9.59 Å². The van der Waals surface area contributed by atoms with Crippen LogP contribution in [0.2, 0.25) is 0 Å². The molecule has 4 N–H and O–H groups in total. The molecule has 2 rings (SSSR count). The van der Waals surface area contributed by atoms with E-state index in [-0.39, 0.29) is 17.1 Å². The van der Waals surface area contributed by atoms with E-state index in [0.29, 0.717) is 16.9 Å². The summed E-state index contributed by atoms with van der Waals surface area (Å²) in [5.41, 5.74) is 6.90. The number of nitrogen functional groups attached to an aromatic ring is 1. The van der Waals surface area contributed by atoms with Gasteiger partial charge in [-0.1, -0.05) is 24.3 Å². The molecule has 0 aliphatic heterocycles. The van der Waals surface area contributed by atoms with Gasteiger partial charge in [-0.05, 0) is 64.4 Å².